The van der Waals surface area contributed by atoms with Gasteiger partial charge in [-0.3, -0.25) is 4.79 Å². The number of hydrogen-bond acceptors (Lipinski definition) is 3. The van der Waals surface area contributed by atoms with Crippen LogP contribution in [0.5, 0.6) is 0 Å². The average Bonchev–Trinajstić information content (AvgIpc) is 3.02. The van der Waals surface area contributed by atoms with E-state index < -0.39 is 5.41 Å². The van der Waals surface area contributed by atoms with E-state index in [-0.39, 0.29) is 5.91 Å². The standard InChI is InChI=1S/C11H22N2O2/c1-11(2,8-12)10(14)13(6-7-15-3)9-4-5-9/h9H,4-8,12H2,1-3H3. The van der Waals surface area contributed by atoms with Crippen molar-refractivity contribution in [2.75, 3.05) is 26.8 Å². The molecule has 0 aromatic rings. The Labute approximate surface area is 91.8 Å². The van der Waals surface area contributed by atoms with E-state index in [4.69, 9.17) is 10.5 Å². The van der Waals surface area contributed by atoms with Crippen LogP contribution in [0.15, 0.2) is 0 Å². The fourth-order valence-electron chi connectivity index (χ4n) is 1.50. The normalized spacial score (nSPS) is 16.5. The second-order valence-electron chi connectivity index (χ2n) is 4.81. The molecule has 4 heteroatoms. The van der Waals surface area contributed by atoms with Crippen LogP contribution in [0.2, 0.25) is 0 Å². The van der Waals surface area contributed by atoms with Crippen LogP contribution in [0.3, 0.4) is 0 Å². The SMILES string of the molecule is COCCN(C(=O)C(C)(C)CN)C1CC1. The van der Waals surface area contributed by atoms with Gasteiger partial charge in [0.2, 0.25) is 5.91 Å². The van der Waals surface area contributed by atoms with Crippen molar-refractivity contribution in [2.45, 2.75) is 32.7 Å². The van der Waals surface area contributed by atoms with Gasteiger partial charge in [0.25, 0.3) is 0 Å². The van der Waals surface area contributed by atoms with Crippen molar-refractivity contribution < 1.29 is 9.53 Å². The Bertz CT molecular complexity index is 225. The molecular formula is C11H22N2O2. The van der Waals surface area contributed by atoms with E-state index in [0.29, 0.717) is 25.7 Å². The molecule has 0 saturated heterocycles. The number of nitrogens with zero attached hydrogens (tertiary/aromatic N) is 1. The third kappa shape index (κ3) is 3.18. The summed E-state index contributed by atoms with van der Waals surface area (Å²) < 4.78 is 5.02. The highest BCUT2D eigenvalue weighted by molar-refractivity contribution is 5.82. The second-order valence-corrected chi connectivity index (χ2v) is 4.81. The van der Waals surface area contributed by atoms with Crippen LogP contribution in [-0.2, 0) is 9.53 Å². The van der Waals surface area contributed by atoms with E-state index in [1.165, 1.54) is 0 Å². The molecule has 0 aliphatic heterocycles. The number of carbonyl (C=O) groups excluding carboxylic acids is 1. The average molecular weight is 214 g/mol. The monoisotopic (exact) mass is 214 g/mol. The van der Waals surface area contributed by atoms with Crippen LogP contribution in [0.1, 0.15) is 26.7 Å². The largest absolute Gasteiger partial charge is 0.383 e. The second kappa shape index (κ2) is 4.94. The van der Waals surface area contributed by atoms with Gasteiger partial charge in [0.1, 0.15) is 0 Å². The fraction of sp³-hybridized carbons (Fsp3) is 0.909. The summed E-state index contributed by atoms with van der Waals surface area (Å²) in [5, 5.41) is 0. The smallest absolute Gasteiger partial charge is 0.229 e. The predicted molar refractivity (Wildman–Crippen MR) is 59.4 cm³/mol. The number of nitrogens with two attached hydrogens (primary N) is 1. The zero-order chi connectivity index (χ0) is 11.5. The molecule has 0 unspecified atom stereocenters. The molecule has 88 valence electrons. The molecule has 1 amide bonds. The molecule has 0 atom stereocenters. The van der Waals surface area contributed by atoms with Gasteiger partial charge in [0, 0.05) is 26.2 Å². The molecule has 0 bridgehead atoms. The highest BCUT2D eigenvalue weighted by atomic mass is 16.5. The molecule has 0 heterocycles. The molecule has 1 saturated carbocycles. The Balaban J connectivity index is 2.58. The molecule has 1 fully saturated rings. The summed E-state index contributed by atoms with van der Waals surface area (Å²) in [6, 6.07) is 0.429. The summed E-state index contributed by atoms with van der Waals surface area (Å²) in [6.07, 6.45) is 2.24. The van der Waals surface area contributed by atoms with E-state index in [2.05, 4.69) is 0 Å². The lowest BCUT2D eigenvalue weighted by Gasteiger charge is -2.31. The molecule has 0 spiro atoms. The maximum absolute atomic E-state index is 12.2. The summed E-state index contributed by atoms with van der Waals surface area (Å²) >= 11 is 0. The molecule has 0 aromatic heterocycles. The van der Waals surface area contributed by atoms with Crippen LogP contribution in [0.4, 0.5) is 0 Å². The van der Waals surface area contributed by atoms with Crippen molar-refractivity contribution >= 4 is 5.91 Å². The van der Waals surface area contributed by atoms with Gasteiger partial charge < -0.3 is 15.4 Å². The lowest BCUT2D eigenvalue weighted by molar-refractivity contribution is -0.141. The molecule has 1 rings (SSSR count). The Morgan fingerprint density at radius 2 is 2.13 bits per heavy atom. The van der Waals surface area contributed by atoms with E-state index in [0.717, 1.165) is 12.8 Å². The maximum Gasteiger partial charge on any atom is 0.229 e. The Morgan fingerprint density at radius 1 is 1.53 bits per heavy atom. The third-order valence-corrected chi connectivity index (χ3v) is 2.87. The van der Waals surface area contributed by atoms with Crippen molar-refractivity contribution in [3.05, 3.63) is 0 Å². The first-order valence-electron chi connectivity index (χ1n) is 5.53. The van der Waals surface area contributed by atoms with Crippen molar-refractivity contribution in [3.8, 4) is 0 Å². The summed E-state index contributed by atoms with van der Waals surface area (Å²) in [5.74, 6) is 0.157. The summed E-state index contributed by atoms with van der Waals surface area (Å²) in [4.78, 5) is 14.1. The van der Waals surface area contributed by atoms with Crippen LogP contribution in [0, 0.1) is 5.41 Å². The lowest BCUT2D eigenvalue weighted by Crippen LogP contribution is -2.46. The van der Waals surface area contributed by atoms with Crippen LogP contribution < -0.4 is 5.73 Å². The molecule has 2 N–H and O–H groups in total. The van der Waals surface area contributed by atoms with Gasteiger partial charge in [0.05, 0.1) is 12.0 Å². The maximum atomic E-state index is 12.2. The van der Waals surface area contributed by atoms with Crippen LogP contribution in [-0.4, -0.2) is 43.7 Å². The summed E-state index contributed by atoms with van der Waals surface area (Å²) in [5.41, 5.74) is 5.17. The van der Waals surface area contributed by atoms with E-state index in [1.54, 1.807) is 7.11 Å². The zero-order valence-corrected chi connectivity index (χ0v) is 9.95. The van der Waals surface area contributed by atoms with Gasteiger partial charge in [0.15, 0.2) is 0 Å². The highest BCUT2D eigenvalue weighted by Crippen LogP contribution is 2.30. The minimum Gasteiger partial charge on any atom is -0.383 e. The van der Waals surface area contributed by atoms with Gasteiger partial charge in [-0.2, -0.15) is 0 Å². The number of ether oxygens (including phenoxy) is 1. The topological polar surface area (TPSA) is 55.6 Å². The van der Waals surface area contributed by atoms with Crippen molar-refractivity contribution in [2.24, 2.45) is 11.1 Å². The van der Waals surface area contributed by atoms with Crippen LogP contribution >= 0.6 is 0 Å². The Hall–Kier alpha value is -0.610. The van der Waals surface area contributed by atoms with Gasteiger partial charge in [-0.1, -0.05) is 0 Å². The number of amides is 1. The first kappa shape index (κ1) is 12.5. The molecule has 0 aromatic carbocycles. The van der Waals surface area contributed by atoms with Gasteiger partial charge >= 0.3 is 0 Å². The lowest BCUT2D eigenvalue weighted by atomic mass is 9.91. The quantitative estimate of drug-likeness (QED) is 0.704. The van der Waals surface area contributed by atoms with Crippen molar-refractivity contribution in [1.29, 1.82) is 0 Å². The molecule has 15 heavy (non-hydrogen) atoms. The van der Waals surface area contributed by atoms with Gasteiger partial charge in [-0.05, 0) is 26.7 Å². The first-order valence-corrected chi connectivity index (χ1v) is 5.53. The summed E-state index contributed by atoms with van der Waals surface area (Å²) in [6.45, 7) is 5.48. The zero-order valence-electron chi connectivity index (χ0n) is 9.95. The first-order chi connectivity index (χ1) is 7.03. The van der Waals surface area contributed by atoms with E-state index >= 15 is 0 Å². The fourth-order valence-corrected chi connectivity index (χ4v) is 1.50. The molecule has 1 aliphatic rings. The summed E-state index contributed by atoms with van der Waals surface area (Å²) in [7, 11) is 1.66. The number of carbonyl (C=O) groups is 1. The van der Waals surface area contributed by atoms with Crippen LogP contribution in [0.25, 0.3) is 0 Å². The number of hydrogen-bond donors (Lipinski definition) is 1. The van der Waals surface area contributed by atoms with Gasteiger partial charge in [-0.15, -0.1) is 0 Å². The van der Waals surface area contributed by atoms with E-state index in [1.807, 2.05) is 18.7 Å². The molecule has 1 aliphatic carbocycles. The van der Waals surface area contributed by atoms with Crippen molar-refractivity contribution in [3.63, 3.8) is 0 Å². The molecule has 0 radical (unpaired) electrons. The Kier molecular flexibility index (Phi) is 4.11. The number of methoxy groups -OCH3 is 1. The van der Waals surface area contributed by atoms with Gasteiger partial charge in [-0.25, -0.2) is 0 Å². The number of rotatable bonds is 6. The third-order valence-electron chi connectivity index (χ3n) is 2.87. The molecular weight excluding hydrogens is 192 g/mol. The minimum atomic E-state index is -0.448. The minimum absolute atomic E-state index is 0.157. The van der Waals surface area contributed by atoms with Crippen molar-refractivity contribution in [1.82, 2.24) is 4.90 Å². The molecule has 4 nitrogen and oxygen atoms in total. The predicted octanol–water partition coefficient (Wildman–Crippen LogP) is 0.609. The highest BCUT2D eigenvalue weighted by Gasteiger charge is 2.38. The Morgan fingerprint density at radius 3 is 2.53 bits per heavy atom. The van der Waals surface area contributed by atoms with E-state index in [9.17, 15) is 4.79 Å².